The van der Waals surface area contributed by atoms with Crippen molar-refractivity contribution in [3.63, 3.8) is 0 Å². The molecule has 0 saturated heterocycles. The lowest BCUT2D eigenvalue weighted by atomic mass is 10.0. The van der Waals surface area contributed by atoms with Crippen molar-refractivity contribution in [2.24, 2.45) is 0 Å². The van der Waals surface area contributed by atoms with E-state index in [4.69, 9.17) is 4.74 Å². The van der Waals surface area contributed by atoms with Gasteiger partial charge in [-0.25, -0.2) is 0 Å². The second-order valence-electron chi connectivity index (χ2n) is 4.59. The maximum absolute atomic E-state index is 5.35. The molecule has 1 aromatic carbocycles. The van der Waals surface area contributed by atoms with Gasteiger partial charge >= 0.3 is 0 Å². The highest BCUT2D eigenvalue weighted by Gasteiger charge is 2.28. The summed E-state index contributed by atoms with van der Waals surface area (Å²) >= 11 is 0. The maximum atomic E-state index is 5.35. The van der Waals surface area contributed by atoms with Crippen LogP contribution in [0.25, 0.3) is 0 Å². The molecule has 0 atom stereocenters. The number of benzene rings is 1. The van der Waals surface area contributed by atoms with E-state index >= 15 is 0 Å². The van der Waals surface area contributed by atoms with Crippen molar-refractivity contribution in [1.29, 1.82) is 0 Å². The van der Waals surface area contributed by atoms with Crippen LogP contribution in [-0.2, 0) is 0 Å². The zero-order valence-corrected chi connectivity index (χ0v) is 8.62. The highest BCUT2D eigenvalue weighted by atomic mass is 16.5. The standard InChI is InChI=1S/C13H16O/c1-14-13-7-11(9-2-3-9)6-12(8-13)10-4-5-10/h6-10H,2-5H2,1H3. The fourth-order valence-electron chi connectivity index (χ4n) is 2.07. The maximum Gasteiger partial charge on any atom is 0.119 e. The third-order valence-corrected chi connectivity index (χ3v) is 3.28. The van der Waals surface area contributed by atoms with Crippen molar-refractivity contribution in [1.82, 2.24) is 0 Å². The van der Waals surface area contributed by atoms with Crippen molar-refractivity contribution in [3.8, 4) is 5.75 Å². The van der Waals surface area contributed by atoms with Crippen LogP contribution in [0.3, 0.4) is 0 Å². The summed E-state index contributed by atoms with van der Waals surface area (Å²) in [7, 11) is 1.77. The Morgan fingerprint density at radius 2 is 1.43 bits per heavy atom. The van der Waals surface area contributed by atoms with Crippen LogP contribution in [0.15, 0.2) is 18.2 Å². The van der Waals surface area contributed by atoms with Gasteiger partial charge in [-0.05, 0) is 60.8 Å². The van der Waals surface area contributed by atoms with Gasteiger partial charge in [0.05, 0.1) is 7.11 Å². The van der Waals surface area contributed by atoms with Crippen molar-refractivity contribution in [3.05, 3.63) is 29.3 Å². The molecule has 1 nitrogen and oxygen atoms in total. The minimum atomic E-state index is 0.836. The van der Waals surface area contributed by atoms with Gasteiger partial charge in [-0.1, -0.05) is 6.07 Å². The third kappa shape index (κ3) is 1.52. The highest BCUT2D eigenvalue weighted by Crippen LogP contribution is 2.46. The third-order valence-electron chi connectivity index (χ3n) is 3.28. The Bertz CT molecular complexity index is 318. The predicted octanol–water partition coefficient (Wildman–Crippen LogP) is 3.45. The molecule has 0 radical (unpaired) electrons. The van der Waals surface area contributed by atoms with Gasteiger partial charge in [0.2, 0.25) is 0 Å². The molecule has 2 fully saturated rings. The molecule has 0 spiro atoms. The Morgan fingerprint density at radius 3 is 1.79 bits per heavy atom. The monoisotopic (exact) mass is 188 g/mol. The number of hydrogen-bond donors (Lipinski definition) is 0. The molecule has 0 aliphatic heterocycles. The van der Waals surface area contributed by atoms with E-state index in [9.17, 15) is 0 Å². The normalized spacial score (nSPS) is 20.9. The number of ether oxygens (including phenoxy) is 1. The average molecular weight is 188 g/mol. The quantitative estimate of drug-likeness (QED) is 0.706. The van der Waals surface area contributed by atoms with Crippen molar-refractivity contribution < 1.29 is 4.74 Å². The van der Waals surface area contributed by atoms with Crippen LogP contribution >= 0.6 is 0 Å². The van der Waals surface area contributed by atoms with Crippen LogP contribution < -0.4 is 4.74 Å². The molecule has 2 aliphatic rings. The summed E-state index contributed by atoms with van der Waals surface area (Å²) in [6.45, 7) is 0. The summed E-state index contributed by atoms with van der Waals surface area (Å²) in [5.41, 5.74) is 3.01. The lowest BCUT2D eigenvalue weighted by molar-refractivity contribution is 0.413. The van der Waals surface area contributed by atoms with E-state index in [0.717, 1.165) is 17.6 Å². The van der Waals surface area contributed by atoms with Gasteiger partial charge in [-0.2, -0.15) is 0 Å². The fourth-order valence-corrected chi connectivity index (χ4v) is 2.07. The summed E-state index contributed by atoms with van der Waals surface area (Å²) in [6, 6.07) is 6.82. The van der Waals surface area contributed by atoms with E-state index in [1.165, 1.54) is 36.8 Å². The summed E-state index contributed by atoms with van der Waals surface area (Å²) < 4.78 is 5.35. The molecule has 0 bridgehead atoms. The van der Waals surface area contributed by atoms with Crippen LogP contribution in [-0.4, -0.2) is 7.11 Å². The Labute approximate surface area is 85.1 Å². The first-order valence-electron chi connectivity index (χ1n) is 5.55. The molecule has 2 saturated carbocycles. The Hall–Kier alpha value is -0.980. The van der Waals surface area contributed by atoms with E-state index in [0.29, 0.717) is 0 Å². The Balaban J connectivity index is 1.97. The molecule has 2 aliphatic carbocycles. The van der Waals surface area contributed by atoms with E-state index < -0.39 is 0 Å². The SMILES string of the molecule is COc1cc(C2CC2)cc(C2CC2)c1. The minimum absolute atomic E-state index is 0.836. The highest BCUT2D eigenvalue weighted by molar-refractivity contribution is 5.40. The van der Waals surface area contributed by atoms with Crippen LogP contribution in [0.4, 0.5) is 0 Å². The van der Waals surface area contributed by atoms with Crippen molar-refractivity contribution in [2.75, 3.05) is 7.11 Å². The van der Waals surface area contributed by atoms with E-state index in [1.807, 2.05) is 0 Å². The molecule has 1 heteroatoms. The molecule has 0 heterocycles. The van der Waals surface area contributed by atoms with Crippen molar-refractivity contribution in [2.45, 2.75) is 37.5 Å². The molecule has 0 N–H and O–H groups in total. The molecule has 0 unspecified atom stereocenters. The molecule has 74 valence electrons. The van der Waals surface area contributed by atoms with Crippen molar-refractivity contribution >= 4 is 0 Å². The van der Waals surface area contributed by atoms with E-state index in [1.54, 1.807) is 7.11 Å². The number of methoxy groups -OCH3 is 1. The van der Waals surface area contributed by atoms with Crippen LogP contribution in [0, 0.1) is 0 Å². The average Bonchev–Trinajstić information content (AvgIpc) is 3.07. The summed E-state index contributed by atoms with van der Waals surface area (Å²) in [6.07, 6.45) is 5.49. The Kier molecular flexibility index (Phi) is 1.79. The van der Waals surface area contributed by atoms with E-state index in [2.05, 4.69) is 18.2 Å². The van der Waals surface area contributed by atoms with Gasteiger partial charge in [-0.15, -0.1) is 0 Å². The summed E-state index contributed by atoms with van der Waals surface area (Å²) in [5, 5.41) is 0. The summed E-state index contributed by atoms with van der Waals surface area (Å²) in [5.74, 6) is 2.72. The van der Waals surface area contributed by atoms with Gasteiger partial charge in [0, 0.05) is 0 Å². The van der Waals surface area contributed by atoms with Crippen LogP contribution in [0.1, 0.15) is 48.6 Å². The zero-order chi connectivity index (χ0) is 9.54. The van der Waals surface area contributed by atoms with Crippen LogP contribution in [0.2, 0.25) is 0 Å². The second-order valence-corrected chi connectivity index (χ2v) is 4.59. The number of hydrogen-bond acceptors (Lipinski definition) is 1. The van der Waals surface area contributed by atoms with Gasteiger partial charge in [0.1, 0.15) is 5.75 Å². The minimum Gasteiger partial charge on any atom is -0.497 e. The molecule has 0 amide bonds. The van der Waals surface area contributed by atoms with E-state index in [-0.39, 0.29) is 0 Å². The van der Waals surface area contributed by atoms with Gasteiger partial charge in [0.25, 0.3) is 0 Å². The van der Waals surface area contributed by atoms with Crippen LogP contribution in [0.5, 0.6) is 5.75 Å². The van der Waals surface area contributed by atoms with Gasteiger partial charge in [0.15, 0.2) is 0 Å². The van der Waals surface area contributed by atoms with Gasteiger partial charge < -0.3 is 4.74 Å². The lowest BCUT2D eigenvalue weighted by Crippen LogP contribution is -1.89. The topological polar surface area (TPSA) is 9.23 Å². The molecular weight excluding hydrogens is 172 g/mol. The molecule has 0 aromatic heterocycles. The molecule has 1 aromatic rings. The fraction of sp³-hybridized carbons (Fsp3) is 0.538. The molecular formula is C13H16O. The second kappa shape index (κ2) is 3.01. The number of rotatable bonds is 3. The summed E-state index contributed by atoms with van der Waals surface area (Å²) in [4.78, 5) is 0. The Morgan fingerprint density at radius 1 is 0.929 bits per heavy atom. The predicted molar refractivity (Wildman–Crippen MR) is 56.9 cm³/mol. The first kappa shape index (κ1) is 8.34. The molecule has 14 heavy (non-hydrogen) atoms. The first-order valence-corrected chi connectivity index (χ1v) is 5.55. The molecule has 3 rings (SSSR count). The zero-order valence-electron chi connectivity index (χ0n) is 8.62. The largest absolute Gasteiger partial charge is 0.497 e. The van der Waals surface area contributed by atoms with Gasteiger partial charge in [-0.3, -0.25) is 0 Å². The smallest absolute Gasteiger partial charge is 0.119 e. The lowest BCUT2D eigenvalue weighted by Gasteiger charge is -2.07. The first-order chi connectivity index (χ1) is 6.86.